The van der Waals surface area contributed by atoms with Crippen molar-refractivity contribution >= 4 is 26.7 Å². The summed E-state index contributed by atoms with van der Waals surface area (Å²) in [5.74, 6) is 0. The third-order valence-corrected chi connectivity index (χ3v) is 6.23. The van der Waals surface area contributed by atoms with Crippen LogP contribution < -0.4 is 10.2 Å². The maximum Gasteiger partial charge on any atom is 0.186 e. The van der Waals surface area contributed by atoms with Gasteiger partial charge in [-0.05, 0) is 57.4 Å². The van der Waals surface area contributed by atoms with E-state index < -0.39 is 0 Å². The van der Waals surface area contributed by atoms with E-state index in [1.54, 1.807) is 0 Å². The van der Waals surface area contributed by atoms with E-state index in [0.29, 0.717) is 6.04 Å². The number of aryl methyl sites for hydroxylation is 2. The predicted molar refractivity (Wildman–Crippen MR) is 105 cm³/mol. The van der Waals surface area contributed by atoms with Crippen LogP contribution in [0.2, 0.25) is 0 Å². The first-order chi connectivity index (χ1) is 12.2. The Morgan fingerprint density at radius 1 is 1.24 bits per heavy atom. The number of piperidine rings is 1. The van der Waals surface area contributed by atoms with Crippen LogP contribution in [0.3, 0.4) is 0 Å². The van der Waals surface area contributed by atoms with Crippen molar-refractivity contribution in [3.05, 3.63) is 41.2 Å². The molecule has 132 valence electrons. The quantitative estimate of drug-likeness (QED) is 0.736. The van der Waals surface area contributed by atoms with Crippen LogP contribution in [0, 0.1) is 13.8 Å². The molecule has 6 heteroatoms. The van der Waals surface area contributed by atoms with Crippen LogP contribution in [0.1, 0.15) is 29.8 Å². The Morgan fingerprint density at radius 3 is 2.76 bits per heavy atom. The van der Waals surface area contributed by atoms with Gasteiger partial charge in [0.25, 0.3) is 0 Å². The van der Waals surface area contributed by atoms with Crippen molar-refractivity contribution in [2.75, 3.05) is 24.5 Å². The smallest absolute Gasteiger partial charge is 0.186 e. The van der Waals surface area contributed by atoms with Gasteiger partial charge in [-0.3, -0.25) is 5.10 Å². The Labute approximate surface area is 152 Å². The fraction of sp³-hybridized carbons (Fsp3) is 0.474. The number of aromatic nitrogens is 3. The second kappa shape index (κ2) is 7.14. The Balaban J connectivity index is 1.28. The average molecular weight is 356 g/mol. The summed E-state index contributed by atoms with van der Waals surface area (Å²) >= 11 is 1.81. The van der Waals surface area contributed by atoms with Crippen LogP contribution in [-0.2, 0) is 6.42 Å². The largest absolute Gasteiger partial charge is 0.348 e. The molecule has 2 aromatic heterocycles. The summed E-state index contributed by atoms with van der Waals surface area (Å²) in [7, 11) is 0. The van der Waals surface area contributed by atoms with Crippen LogP contribution in [-0.4, -0.2) is 40.9 Å². The highest BCUT2D eigenvalue weighted by Gasteiger charge is 2.21. The highest BCUT2D eigenvalue weighted by molar-refractivity contribution is 7.22. The van der Waals surface area contributed by atoms with Gasteiger partial charge in [0.1, 0.15) is 0 Å². The fourth-order valence-electron chi connectivity index (χ4n) is 3.61. The Hall–Kier alpha value is -1.92. The number of hydrogen-bond donors (Lipinski definition) is 2. The van der Waals surface area contributed by atoms with Gasteiger partial charge in [0.15, 0.2) is 5.13 Å². The number of H-pyrrole nitrogens is 1. The summed E-state index contributed by atoms with van der Waals surface area (Å²) < 4.78 is 1.28. The van der Waals surface area contributed by atoms with Crippen molar-refractivity contribution in [1.29, 1.82) is 0 Å². The van der Waals surface area contributed by atoms with Gasteiger partial charge in [-0.25, -0.2) is 4.98 Å². The average Bonchev–Trinajstić information content (AvgIpc) is 3.20. The summed E-state index contributed by atoms with van der Waals surface area (Å²) in [6, 6.07) is 9.02. The molecule has 0 bridgehead atoms. The Morgan fingerprint density at radius 2 is 2.04 bits per heavy atom. The second-order valence-corrected chi connectivity index (χ2v) is 7.85. The molecule has 0 aliphatic carbocycles. The van der Waals surface area contributed by atoms with Crippen LogP contribution in [0.4, 0.5) is 5.13 Å². The molecule has 1 fully saturated rings. The summed E-state index contributed by atoms with van der Waals surface area (Å²) in [6.07, 6.45) is 3.41. The van der Waals surface area contributed by atoms with E-state index in [9.17, 15) is 0 Å². The van der Waals surface area contributed by atoms with Crippen molar-refractivity contribution in [3.63, 3.8) is 0 Å². The molecule has 1 aliphatic rings. The number of hydrogen-bond acceptors (Lipinski definition) is 5. The van der Waals surface area contributed by atoms with E-state index in [0.717, 1.165) is 37.3 Å². The number of aromatic amines is 1. The molecule has 0 saturated carbocycles. The van der Waals surface area contributed by atoms with Crippen LogP contribution in [0.5, 0.6) is 0 Å². The summed E-state index contributed by atoms with van der Waals surface area (Å²) in [6.45, 7) is 7.37. The van der Waals surface area contributed by atoms with Gasteiger partial charge in [-0.2, -0.15) is 5.10 Å². The van der Waals surface area contributed by atoms with Crippen LogP contribution in [0.25, 0.3) is 10.2 Å². The molecule has 3 heterocycles. The first-order valence-corrected chi connectivity index (χ1v) is 9.86. The number of nitrogens with zero attached hydrogens (tertiary/aromatic N) is 3. The molecular weight excluding hydrogens is 330 g/mol. The Kier molecular flexibility index (Phi) is 4.72. The lowest BCUT2D eigenvalue weighted by Gasteiger charge is -2.32. The summed E-state index contributed by atoms with van der Waals surface area (Å²) in [4.78, 5) is 7.23. The Bertz CT molecular complexity index is 792. The fourth-order valence-corrected chi connectivity index (χ4v) is 4.63. The van der Waals surface area contributed by atoms with Gasteiger partial charge < -0.3 is 10.2 Å². The number of benzene rings is 1. The minimum Gasteiger partial charge on any atom is -0.348 e. The molecule has 0 unspecified atom stereocenters. The molecule has 1 saturated heterocycles. The van der Waals surface area contributed by atoms with Gasteiger partial charge in [-0.15, -0.1) is 0 Å². The molecule has 0 radical (unpaired) electrons. The molecule has 1 aromatic carbocycles. The molecule has 5 nitrogen and oxygen atoms in total. The number of fused-ring (bicyclic) bond motifs is 1. The lowest BCUT2D eigenvalue weighted by molar-refractivity contribution is 0.417. The molecule has 25 heavy (non-hydrogen) atoms. The van der Waals surface area contributed by atoms with Crippen molar-refractivity contribution < 1.29 is 0 Å². The van der Waals surface area contributed by atoms with E-state index in [4.69, 9.17) is 4.98 Å². The van der Waals surface area contributed by atoms with Crippen LogP contribution in [0.15, 0.2) is 24.3 Å². The van der Waals surface area contributed by atoms with E-state index in [1.807, 2.05) is 11.3 Å². The van der Waals surface area contributed by atoms with E-state index in [2.05, 4.69) is 58.5 Å². The van der Waals surface area contributed by atoms with Gasteiger partial charge >= 0.3 is 0 Å². The van der Waals surface area contributed by atoms with Gasteiger partial charge in [0, 0.05) is 24.8 Å². The first kappa shape index (κ1) is 16.5. The first-order valence-electron chi connectivity index (χ1n) is 9.05. The molecule has 3 aromatic rings. The van der Waals surface area contributed by atoms with E-state index >= 15 is 0 Å². The molecule has 4 rings (SSSR count). The van der Waals surface area contributed by atoms with Gasteiger partial charge in [0.2, 0.25) is 0 Å². The lowest BCUT2D eigenvalue weighted by Crippen LogP contribution is -2.43. The summed E-state index contributed by atoms with van der Waals surface area (Å²) in [5.41, 5.74) is 4.81. The molecule has 0 spiro atoms. The van der Waals surface area contributed by atoms with E-state index in [1.165, 1.54) is 33.9 Å². The normalized spacial score (nSPS) is 16.0. The topological polar surface area (TPSA) is 56.8 Å². The van der Waals surface area contributed by atoms with Crippen molar-refractivity contribution in [3.8, 4) is 0 Å². The number of nitrogens with one attached hydrogen (secondary N) is 2. The van der Waals surface area contributed by atoms with E-state index in [-0.39, 0.29) is 0 Å². The zero-order valence-corrected chi connectivity index (χ0v) is 15.7. The highest BCUT2D eigenvalue weighted by atomic mass is 32.1. The third kappa shape index (κ3) is 3.55. The monoisotopic (exact) mass is 355 g/mol. The standard InChI is InChI=1S/C19H25N5S/c1-13-16(14(2)23-22-13)7-10-20-15-8-11-24(12-9-15)19-21-17-5-3-4-6-18(17)25-19/h3-6,15,20H,7-12H2,1-2H3,(H,22,23). The van der Waals surface area contributed by atoms with Crippen molar-refractivity contribution in [2.45, 2.75) is 39.2 Å². The zero-order chi connectivity index (χ0) is 17.2. The molecule has 0 amide bonds. The molecule has 1 aliphatic heterocycles. The van der Waals surface area contributed by atoms with Crippen LogP contribution >= 0.6 is 11.3 Å². The second-order valence-electron chi connectivity index (χ2n) is 6.84. The highest BCUT2D eigenvalue weighted by Crippen LogP contribution is 2.30. The third-order valence-electron chi connectivity index (χ3n) is 5.14. The predicted octanol–water partition coefficient (Wildman–Crippen LogP) is 3.44. The maximum atomic E-state index is 4.79. The van der Waals surface area contributed by atoms with Crippen molar-refractivity contribution in [1.82, 2.24) is 20.5 Å². The molecule has 2 N–H and O–H groups in total. The number of anilines is 1. The lowest BCUT2D eigenvalue weighted by atomic mass is 10.0. The van der Waals surface area contributed by atoms with Crippen molar-refractivity contribution in [2.24, 2.45) is 0 Å². The summed E-state index contributed by atoms with van der Waals surface area (Å²) in [5, 5.41) is 12.2. The minimum absolute atomic E-state index is 0.609. The molecule has 0 atom stereocenters. The minimum atomic E-state index is 0.609. The van der Waals surface area contributed by atoms with Gasteiger partial charge in [0.05, 0.1) is 15.9 Å². The number of para-hydroxylation sites is 1. The number of rotatable bonds is 5. The maximum absolute atomic E-state index is 4.79. The number of thiazole rings is 1. The van der Waals surface area contributed by atoms with Gasteiger partial charge in [-0.1, -0.05) is 23.5 Å². The molecular formula is C19H25N5S. The zero-order valence-electron chi connectivity index (χ0n) is 14.9. The SMILES string of the molecule is Cc1n[nH]c(C)c1CCNC1CCN(c2nc3ccccc3s2)CC1.